The maximum atomic E-state index is 11.5. The van der Waals surface area contributed by atoms with Crippen molar-refractivity contribution in [3.8, 4) is 11.1 Å². The first-order chi connectivity index (χ1) is 14.5. The molecule has 5 heteroatoms. The van der Waals surface area contributed by atoms with Crippen LogP contribution >= 0.6 is 0 Å². The number of aromatic nitrogens is 2. The van der Waals surface area contributed by atoms with Gasteiger partial charge < -0.3 is 9.84 Å². The molecule has 2 aromatic carbocycles. The standard InChI is InChI=1S/C25H28N2O3/c1-4-5-10-23-22(24(16-30-3)27-17(2)26-23)15-18-11-13-19(14-12-18)20-8-6-7-9-21(20)25(28)29/h6-9,11-14H,4-5,10,15-16H2,1-3H3,(H,28,29). The van der Waals surface area contributed by atoms with Gasteiger partial charge in [0.25, 0.3) is 0 Å². The molecular weight excluding hydrogens is 376 g/mol. The molecule has 0 unspecified atom stereocenters. The van der Waals surface area contributed by atoms with Crippen molar-refractivity contribution in [2.75, 3.05) is 7.11 Å². The first-order valence-corrected chi connectivity index (χ1v) is 10.3. The van der Waals surface area contributed by atoms with Crippen LogP contribution in [0.3, 0.4) is 0 Å². The molecule has 30 heavy (non-hydrogen) atoms. The van der Waals surface area contributed by atoms with Crippen molar-refractivity contribution >= 4 is 5.97 Å². The van der Waals surface area contributed by atoms with Crippen LogP contribution in [0.5, 0.6) is 0 Å². The van der Waals surface area contributed by atoms with Gasteiger partial charge in [0.2, 0.25) is 0 Å². The number of aryl methyl sites for hydroxylation is 2. The summed E-state index contributed by atoms with van der Waals surface area (Å²) in [5.41, 5.74) is 6.22. The van der Waals surface area contributed by atoms with Gasteiger partial charge in [-0.05, 0) is 42.5 Å². The van der Waals surface area contributed by atoms with E-state index in [0.717, 1.165) is 65.1 Å². The molecule has 0 atom stereocenters. The van der Waals surface area contributed by atoms with E-state index in [9.17, 15) is 9.90 Å². The minimum absolute atomic E-state index is 0.307. The Kier molecular flexibility index (Phi) is 7.31. The highest BCUT2D eigenvalue weighted by Crippen LogP contribution is 2.26. The molecule has 0 fully saturated rings. The summed E-state index contributed by atoms with van der Waals surface area (Å²) in [5.74, 6) is -0.145. The summed E-state index contributed by atoms with van der Waals surface area (Å²) in [6, 6.07) is 15.1. The Morgan fingerprint density at radius 2 is 1.73 bits per heavy atom. The van der Waals surface area contributed by atoms with Crippen LogP contribution in [0.1, 0.15) is 58.5 Å². The fourth-order valence-electron chi connectivity index (χ4n) is 3.66. The molecule has 0 bridgehead atoms. The first-order valence-electron chi connectivity index (χ1n) is 10.3. The van der Waals surface area contributed by atoms with Gasteiger partial charge in [-0.3, -0.25) is 0 Å². The van der Waals surface area contributed by atoms with Gasteiger partial charge in [0.15, 0.2) is 0 Å². The molecule has 1 heterocycles. The summed E-state index contributed by atoms with van der Waals surface area (Å²) in [5, 5.41) is 9.46. The van der Waals surface area contributed by atoms with Crippen molar-refractivity contribution in [1.82, 2.24) is 9.97 Å². The summed E-state index contributed by atoms with van der Waals surface area (Å²) in [7, 11) is 1.68. The fraction of sp³-hybridized carbons (Fsp3) is 0.320. The summed E-state index contributed by atoms with van der Waals surface area (Å²) in [6.07, 6.45) is 3.84. The SMILES string of the molecule is CCCCc1nc(C)nc(COC)c1Cc1ccc(-c2ccccc2C(=O)O)cc1. The average molecular weight is 405 g/mol. The quantitative estimate of drug-likeness (QED) is 0.529. The number of carboxylic acid groups (broad SMARTS) is 1. The maximum Gasteiger partial charge on any atom is 0.336 e. The Labute approximate surface area is 177 Å². The topological polar surface area (TPSA) is 72.3 Å². The Morgan fingerprint density at radius 1 is 1.03 bits per heavy atom. The molecule has 0 aliphatic rings. The zero-order chi connectivity index (χ0) is 21.5. The van der Waals surface area contributed by atoms with Gasteiger partial charge in [-0.1, -0.05) is 55.8 Å². The smallest absolute Gasteiger partial charge is 0.336 e. The monoisotopic (exact) mass is 404 g/mol. The molecule has 156 valence electrons. The van der Waals surface area contributed by atoms with E-state index in [0.29, 0.717) is 12.2 Å². The first kappa shape index (κ1) is 21.7. The van der Waals surface area contributed by atoms with Crippen molar-refractivity contribution in [3.63, 3.8) is 0 Å². The molecule has 1 aromatic heterocycles. The van der Waals surface area contributed by atoms with Crippen molar-refractivity contribution in [2.24, 2.45) is 0 Å². The van der Waals surface area contributed by atoms with Crippen molar-refractivity contribution in [2.45, 2.75) is 46.1 Å². The summed E-state index contributed by atoms with van der Waals surface area (Å²) >= 11 is 0. The molecule has 3 rings (SSSR count). The van der Waals surface area contributed by atoms with Crippen LogP contribution in [0.2, 0.25) is 0 Å². The van der Waals surface area contributed by atoms with E-state index in [1.165, 1.54) is 0 Å². The predicted octanol–water partition coefficient (Wildman–Crippen LogP) is 5.23. The van der Waals surface area contributed by atoms with E-state index in [-0.39, 0.29) is 0 Å². The second kappa shape index (κ2) is 10.1. The zero-order valence-electron chi connectivity index (χ0n) is 17.8. The van der Waals surface area contributed by atoms with Gasteiger partial charge in [0.05, 0.1) is 17.9 Å². The number of ether oxygens (including phenoxy) is 1. The van der Waals surface area contributed by atoms with Crippen LogP contribution in [-0.4, -0.2) is 28.2 Å². The summed E-state index contributed by atoms with van der Waals surface area (Å²) in [4.78, 5) is 20.9. The van der Waals surface area contributed by atoms with Gasteiger partial charge >= 0.3 is 5.97 Å². The number of carboxylic acids is 1. The number of benzene rings is 2. The van der Waals surface area contributed by atoms with Crippen molar-refractivity contribution < 1.29 is 14.6 Å². The number of aromatic carboxylic acids is 1. The minimum atomic E-state index is -0.920. The van der Waals surface area contributed by atoms with Crippen molar-refractivity contribution in [3.05, 3.63) is 82.4 Å². The number of carbonyl (C=O) groups is 1. The van der Waals surface area contributed by atoms with Crippen LogP contribution < -0.4 is 0 Å². The Balaban J connectivity index is 1.93. The number of unbranched alkanes of at least 4 members (excludes halogenated alkanes) is 1. The lowest BCUT2D eigenvalue weighted by molar-refractivity contribution is 0.0697. The highest BCUT2D eigenvalue weighted by Gasteiger charge is 2.15. The molecule has 0 spiro atoms. The van der Waals surface area contributed by atoms with Gasteiger partial charge in [-0.15, -0.1) is 0 Å². The van der Waals surface area contributed by atoms with Crippen molar-refractivity contribution in [1.29, 1.82) is 0 Å². The molecule has 0 saturated carbocycles. The number of hydrogen-bond donors (Lipinski definition) is 1. The Hall–Kier alpha value is -3.05. The van der Waals surface area contributed by atoms with Crippen LogP contribution in [0, 0.1) is 6.92 Å². The summed E-state index contributed by atoms with van der Waals surface area (Å²) < 4.78 is 5.39. The van der Waals surface area contributed by atoms with Crippen LogP contribution in [0.25, 0.3) is 11.1 Å². The van der Waals surface area contributed by atoms with E-state index in [2.05, 4.69) is 11.9 Å². The molecule has 0 aliphatic carbocycles. The van der Waals surface area contributed by atoms with Crippen LogP contribution in [-0.2, 0) is 24.2 Å². The number of methoxy groups -OCH3 is 1. The molecule has 0 amide bonds. The molecule has 0 radical (unpaired) electrons. The normalized spacial score (nSPS) is 10.9. The number of hydrogen-bond acceptors (Lipinski definition) is 4. The third-order valence-corrected chi connectivity index (χ3v) is 5.14. The molecule has 3 aromatic rings. The predicted molar refractivity (Wildman–Crippen MR) is 118 cm³/mol. The second-order valence-corrected chi connectivity index (χ2v) is 7.40. The van der Waals surface area contributed by atoms with E-state index in [4.69, 9.17) is 9.72 Å². The molecular formula is C25H28N2O3. The largest absolute Gasteiger partial charge is 0.478 e. The van der Waals surface area contributed by atoms with Gasteiger partial charge in [0.1, 0.15) is 5.82 Å². The van der Waals surface area contributed by atoms with E-state index >= 15 is 0 Å². The Morgan fingerprint density at radius 3 is 2.40 bits per heavy atom. The van der Waals surface area contributed by atoms with E-state index < -0.39 is 5.97 Å². The molecule has 5 nitrogen and oxygen atoms in total. The molecule has 0 aliphatic heterocycles. The minimum Gasteiger partial charge on any atom is -0.478 e. The van der Waals surface area contributed by atoms with Gasteiger partial charge in [-0.25, -0.2) is 14.8 Å². The molecule has 1 N–H and O–H groups in total. The Bertz CT molecular complexity index is 1010. The van der Waals surface area contributed by atoms with Crippen LogP contribution in [0.15, 0.2) is 48.5 Å². The zero-order valence-corrected chi connectivity index (χ0v) is 17.8. The maximum absolute atomic E-state index is 11.5. The number of nitrogens with zero attached hydrogens (tertiary/aromatic N) is 2. The third-order valence-electron chi connectivity index (χ3n) is 5.14. The number of rotatable bonds is 9. The van der Waals surface area contributed by atoms with Crippen LogP contribution in [0.4, 0.5) is 0 Å². The lowest BCUT2D eigenvalue weighted by Crippen LogP contribution is -2.10. The lowest BCUT2D eigenvalue weighted by Gasteiger charge is -2.15. The van der Waals surface area contributed by atoms with E-state index in [1.807, 2.05) is 43.3 Å². The van der Waals surface area contributed by atoms with Gasteiger partial charge in [0, 0.05) is 24.8 Å². The van der Waals surface area contributed by atoms with Gasteiger partial charge in [-0.2, -0.15) is 0 Å². The second-order valence-electron chi connectivity index (χ2n) is 7.40. The highest BCUT2D eigenvalue weighted by atomic mass is 16.5. The lowest BCUT2D eigenvalue weighted by atomic mass is 9.95. The summed E-state index contributed by atoms with van der Waals surface area (Å²) in [6.45, 7) is 4.56. The fourth-order valence-corrected chi connectivity index (χ4v) is 3.66. The average Bonchev–Trinajstić information content (AvgIpc) is 2.75. The van der Waals surface area contributed by atoms with E-state index in [1.54, 1.807) is 19.2 Å². The highest BCUT2D eigenvalue weighted by molar-refractivity contribution is 5.95. The third kappa shape index (κ3) is 5.10. The molecule has 0 saturated heterocycles.